The van der Waals surface area contributed by atoms with Crippen molar-refractivity contribution in [2.75, 3.05) is 18.6 Å². The second-order valence-electron chi connectivity index (χ2n) is 3.01. The number of carboxylic acids is 1. The van der Waals surface area contributed by atoms with Crippen molar-refractivity contribution in [3.8, 4) is 5.75 Å². The van der Waals surface area contributed by atoms with Crippen molar-refractivity contribution in [1.82, 2.24) is 0 Å². The topological polar surface area (TPSA) is 46.5 Å². The van der Waals surface area contributed by atoms with Gasteiger partial charge in [-0.3, -0.25) is 4.79 Å². The number of rotatable bonds is 6. The highest BCUT2D eigenvalue weighted by Crippen LogP contribution is 2.19. The molecule has 82 valence electrons. The molecule has 0 aliphatic heterocycles. The van der Waals surface area contributed by atoms with E-state index in [0.29, 0.717) is 0 Å². The first-order valence-corrected chi connectivity index (χ1v) is 5.81. The van der Waals surface area contributed by atoms with Crippen molar-refractivity contribution in [1.29, 1.82) is 0 Å². The molecule has 1 aromatic carbocycles. The maximum Gasteiger partial charge on any atom is 0.313 e. The molecule has 0 spiro atoms. The van der Waals surface area contributed by atoms with Crippen molar-refractivity contribution in [2.24, 2.45) is 0 Å². The Balaban J connectivity index is 2.39. The number of para-hydroxylation sites is 1. The van der Waals surface area contributed by atoms with Crippen LogP contribution in [0, 0.1) is 0 Å². The summed E-state index contributed by atoms with van der Waals surface area (Å²) in [6.07, 6.45) is 0.835. The molecule has 3 nitrogen and oxygen atoms in total. The highest BCUT2D eigenvalue weighted by molar-refractivity contribution is 7.99. The minimum absolute atomic E-state index is 0.162. The molecule has 0 heterocycles. The maximum absolute atomic E-state index is 10.3. The highest BCUT2D eigenvalue weighted by atomic mass is 32.2. The Bertz CT molecular complexity index is 325. The number of hydrogen-bond donors (Lipinski definition) is 1. The van der Waals surface area contributed by atoms with E-state index in [1.807, 2.05) is 24.3 Å². The molecule has 0 atom stereocenters. The third-order valence-electron chi connectivity index (χ3n) is 1.93. The molecule has 4 heteroatoms. The van der Waals surface area contributed by atoms with Crippen LogP contribution < -0.4 is 4.74 Å². The molecule has 1 N–H and O–H groups in total. The highest BCUT2D eigenvalue weighted by Gasteiger charge is 2.02. The summed E-state index contributed by atoms with van der Waals surface area (Å²) in [6, 6.07) is 7.80. The lowest BCUT2D eigenvalue weighted by atomic mass is 10.1. The average molecular weight is 226 g/mol. The van der Waals surface area contributed by atoms with Crippen LogP contribution >= 0.6 is 11.8 Å². The Morgan fingerprint density at radius 1 is 1.47 bits per heavy atom. The van der Waals surface area contributed by atoms with Gasteiger partial charge in [0.2, 0.25) is 0 Å². The van der Waals surface area contributed by atoms with Gasteiger partial charge in [0.1, 0.15) is 5.75 Å². The van der Waals surface area contributed by atoms with Gasteiger partial charge in [0.15, 0.2) is 0 Å². The van der Waals surface area contributed by atoms with Gasteiger partial charge in [-0.15, -0.1) is 11.8 Å². The predicted molar refractivity (Wildman–Crippen MR) is 61.7 cm³/mol. The minimum Gasteiger partial charge on any atom is -0.496 e. The molecule has 1 aromatic rings. The van der Waals surface area contributed by atoms with Crippen LogP contribution in [0.3, 0.4) is 0 Å². The van der Waals surface area contributed by atoms with E-state index in [1.165, 1.54) is 11.8 Å². The molecule has 0 bridgehead atoms. The van der Waals surface area contributed by atoms with Crippen molar-refractivity contribution in [3.63, 3.8) is 0 Å². The summed E-state index contributed by atoms with van der Waals surface area (Å²) in [6.45, 7) is 0. The van der Waals surface area contributed by atoms with Crippen molar-refractivity contribution < 1.29 is 14.6 Å². The van der Waals surface area contributed by atoms with Gasteiger partial charge in [-0.2, -0.15) is 0 Å². The van der Waals surface area contributed by atoms with Crippen LogP contribution in [0.15, 0.2) is 24.3 Å². The summed E-state index contributed by atoms with van der Waals surface area (Å²) >= 11 is 1.42. The number of thioether (sulfide) groups is 1. The fourth-order valence-electron chi connectivity index (χ4n) is 1.25. The largest absolute Gasteiger partial charge is 0.496 e. The van der Waals surface area contributed by atoms with E-state index in [1.54, 1.807) is 7.11 Å². The second kappa shape index (κ2) is 6.35. The summed E-state index contributed by atoms with van der Waals surface area (Å²) in [5.41, 5.74) is 1.12. The number of aliphatic carboxylic acids is 1. The van der Waals surface area contributed by atoms with Gasteiger partial charge in [0.05, 0.1) is 12.9 Å². The number of aryl methyl sites for hydroxylation is 1. The first-order chi connectivity index (χ1) is 7.24. The third kappa shape index (κ3) is 4.25. The fourth-order valence-corrected chi connectivity index (χ4v) is 1.93. The molecule has 0 aliphatic carbocycles. The summed E-state index contributed by atoms with van der Waals surface area (Å²) in [7, 11) is 1.64. The lowest BCUT2D eigenvalue weighted by molar-refractivity contribution is -0.133. The quantitative estimate of drug-likeness (QED) is 0.754. The number of benzene rings is 1. The van der Waals surface area contributed by atoms with Crippen LogP contribution in [0.1, 0.15) is 5.56 Å². The smallest absolute Gasteiger partial charge is 0.313 e. The maximum atomic E-state index is 10.3. The van der Waals surface area contributed by atoms with Crippen molar-refractivity contribution in [3.05, 3.63) is 29.8 Å². The zero-order chi connectivity index (χ0) is 11.1. The molecule has 15 heavy (non-hydrogen) atoms. The molecule has 0 amide bonds. The van der Waals surface area contributed by atoms with Gasteiger partial charge < -0.3 is 9.84 Å². The first kappa shape index (κ1) is 11.9. The van der Waals surface area contributed by atoms with Gasteiger partial charge in [0.25, 0.3) is 0 Å². The van der Waals surface area contributed by atoms with Crippen LogP contribution in [0.25, 0.3) is 0 Å². The van der Waals surface area contributed by atoms with E-state index in [-0.39, 0.29) is 5.75 Å². The monoisotopic (exact) mass is 226 g/mol. The van der Waals surface area contributed by atoms with E-state index < -0.39 is 5.97 Å². The number of ether oxygens (including phenoxy) is 1. The Morgan fingerprint density at radius 3 is 2.87 bits per heavy atom. The molecular weight excluding hydrogens is 212 g/mol. The first-order valence-electron chi connectivity index (χ1n) is 4.65. The predicted octanol–water partition coefficient (Wildman–Crippen LogP) is 2.06. The lowest BCUT2D eigenvalue weighted by Gasteiger charge is -2.06. The van der Waals surface area contributed by atoms with Crippen LogP contribution in [-0.4, -0.2) is 29.7 Å². The van der Waals surface area contributed by atoms with E-state index in [9.17, 15) is 4.79 Å². The molecule has 0 unspecified atom stereocenters. The average Bonchev–Trinajstić information content (AvgIpc) is 2.24. The van der Waals surface area contributed by atoms with Gasteiger partial charge in [0, 0.05) is 0 Å². The van der Waals surface area contributed by atoms with Gasteiger partial charge in [-0.05, 0) is 23.8 Å². The Kier molecular flexibility index (Phi) is 5.04. The summed E-state index contributed by atoms with van der Waals surface area (Å²) in [5, 5.41) is 8.47. The summed E-state index contributed by atoms with van der Waals surface area (Å²) < 4.78 is 5.20. The fraction of sp³-hybridized carbons (Fsp3) is 0.364. The molecule has 1 rings (SSSR count). The third-order valence-corrected chi connectivity index (χ3v) is 2.88. The molecule has 0 aromatic heterocycles. The molecule has 0 radical (unpaired) electrons. The molecule has 0 aliphatic rings. The van der Waals surface area contributed by atoms with Crippen LogP contribution in [0.2, 0.25) is 0 Å². The van der Waals surface area contributed by atoms with E-state index in [4.69, 9.17) is 9.84 Å². The number of hydrogen-bond acceptors (Lipinski definition) is 3. The molecule has 0 saturated carbocycles. The second-order valence-corrected chi connectivity index (χ2v) is 4.11. The lowest BCUT2D eigenvalue weighted by Crippen LogP contribution is -2.00. The van der Waals surface area contributed by atoms with Gasteiger partial charge >= 0.3 is 5.97 Å². The van der Waals surface area contributed by atoms with Gasteiger partial charge in [-0.1, -0.05) is 18.2 Å². The summed E-state index contributed by atoms with van der Waals surface area (Å²) in [4.78, 5) is 10.3. The van der Waals surface area contributed by atoms with Crippen molar-refractivity contribution >= 4 is 17.7 Å². The van der Waals surface area contributed by atoms with Crippen molar-refractivity contribution in [2.45, 2.75) is 6.42 Å². The molecule has 0 fully saturated rings. The zero-order valence-electron chi connectivity index (χ0n) is 8.60. The number of carboxylic acid groups (broad SMARTS) is 1. The number of carbonyl (C=O) groups is 1. The van der Waals surface area contributed by atoms with E-state index >= 15 is 0 Å². The Morgan fingerprint density at radius 2 is 2.20 bits per heavy atom. The van der Waals surface area contributed by atoms with Crippen LogP contribution in [0.5, 0.6) is 5.75 Å². The van der Waals surface area contributed by atoms with E-state index in [0.717, 1.165) is 23.5 Å². The van der Waals surface area contributed by atoms with Crippen LogP contribution in [-0.2, 0) is 11.2 Å². The molecular formula is C11H14O3S. The Labute approximate surface area is 93.4 Å². The van der Waals surface area contributed by atoms with Gasteiger partial charge in [-0.25, -0.2) is 0 Å². The molecule has 0 saturated heterocycles. The SMILES string of the molecule is COc1ccccc1CCSCC(=O)O. The zero-order valence-corrected chi connectivity index (χ0v) is 9.42. The standard InChI is InChI=1S/C11H14O3S/c1-14-10-5-3-2-4-9(10)6-7-15-8-11(12)13/h2-5H,6-8H2,1H3,(H,12,13). The van der Waals surface area contributed by atoms with E-state index in [2.05, 4.69) is 0 Å². The van der Waals surface area contributed by atoms with Crippen LogP contribution in [0.4, 0.5) is 0 Å². The number of methoxy groups -OCH3 is 1. The minimum atomic E-state index is -0.764. The Hall–Kier alpha value is -1.16. The normalized spacial score (nSPS) is 9.93. The summed E-state index contributed by atoms with van der Waals surface area (Å²) in [5.74, 6) is 1.07.